The molecule has 6 nitrogen and oxygen atoms in total. The first kappa shape index (κ1) is 57.0. The highest BCUT2D eigenvalue weighted by atomic mass is 28.4. The third kappa shape index (κ3) is 37.1. The lowest BCUT2D eigenvalue weighted by molar-refractivity contribution is -0.104. The molecule has 61 heavy (non-hydrogen) atoms. The highest BCUT2D eigenvalue weighted by molar-refractivity contribution is 6.64. The number of allylic oxidation sites excluding steroid dienone is 8. The first-order valence-electron chi connectivity index (χ1n) is 25.4. The van der Waals surface area contributed by atoms with Crippen LogP contribution in [-0.4, -0.2) is 69.4 Å². The largest absolute Gasteiger partial charge is 0.508 e. The zero-order chi connectivity index (χ0) is 44.3. The van der Waals surface area contributed by atoms with Crippen LogP contribution in [-0.2, 0) is 20.0 Å². The summed E-state index contributed by atoms with van der Waals surface area (Å²) in [6.07, 6.45) is 53.3. The average molecular weight is 868 g/mol. The summed E-state index contributed by atoms with van der Waals surface area (Å²) >= 11 is 0. The van der Waals surface area contributed by atoms with Gasteiger partial charge in [-0.25, -0.2) is 0 Å². The lowest BCUT2D eigenvalue weighted by Crippen LogP contribution is -2.40. The summed E-state index contributed by atoms with van der Waals surface area (Å²) < 4.78 is 19.5. The molecule has 0 bridgehead atoms. The van der Waals surface area contributed by atoms with E-state index in [4.69, 9.17) is 13.6 Å². The topological polar surface area (TPSA) is 71.4 Å². The standard InChI is InChI=1S/C54H97NO5Si/c1-6-8-10-12-14-16-18-20-22-24-26-28-30-32-35-39-47-58-54(41-37-33-31-29-27-25-23-21-19-17-15-13-11-9-7-2)60-61(4,5)59-48-40-36-34-38-46-55(3)52(50-56)49-51-42-44-53(57)45-43-51/h14-17,20-23,42-45,52,54,56-57H,6-13,18-19,24-41,46-50H2,1-5H3/b16-14-,17-15-,22-20-,23-21-. The van der Waals surface area contributed by atoms with E-state index in [-0.39, 0.29) is 24.7 Å². The van der Waals surface area contributed by atoms with Crippen molar-refractivity contribution in [2.45, 2.75) is 225 Å². The van der Waals surface area contributed by atoms with Gasteiger partial charge >= 0.3 is 8.56 Å². The van der Waals surface area contributed by atoms with E-state index in [1.54, 1.807) is 12.1 Å². The van der Waals surface area contributed by atoms with E-state index >= 15 is 0 Å². The van der Waals surface area contributed by atoms with Crippen molar-refractivity contribution in [2.24, 2.45) is 0 Å². The Kier molecular flexibility index (Phi) is 39.2. The second kappa shape index (κ2) is 42.0. The van der Waals surface area contributed by atoms with E-state index in [1.165, 1.54) is 122 Å². The van der Waals surface area contributed by atoms with Crippen LogP contribution >= 0.6 is 0 Å². The number of aliphatic hydroxyl groups excluding tert-OH is 1. The predicted octanol–water partition coefficient (Wildman–Crippen LogP) is 15.5. The maximum Gasteiger partial charge on any atom is 0.333 e. The Morgan fingerprint density at radius 2 is 1.03 bits per heavy atom. The second-order valence-electron chi connectivity index (χ2n) is 17.9. The summed E-state index contributed by atoms with van der Waals surface area (Å²) in [7, 11) is -0.235. The van der Waals surface area contributed by atoms with Gasteiger partial charge in [-0.15, -0.1) is 0 Å². The van der Waals surface area contributed by atoms with Crippen molar-refractivity contribution in [1.82, 2.24) is 4.90 Å². The highest BCUT2D eigenvalue weighted by Crippen LogP contribution is 2.20. The summed E-state index contributed by atoms with van der Waals surface area (Å²) in [5, 5.41) is 19.6. The normalized spacial score (nSPS) is 13.6. The third-order valence-corrected chi connectivity index (χ3v) is 13.3. The van der Waals surface area contributed by atoms with Crippen molar-refractivity contribution >= 4 is 8.56 Å². The molecule has 0 aliphatic rings. The maximum absolute atomic E-state index is 10.00. The molecule has 0 saturated carbocycles. The van der Waals surface area contributed by atoms with E-state index in [1.807, 2.05) is 12.1 Å². The molecule has 352 valence electrons. The van der Waals surface area contributed by atoms with Crippen LogP contribution in [0.1, 0.15) is 199 Å². The zero-order valence-corrected chi connectivity index (χ0v) is 41.5. The van der Waals surface area contributed by atoms with Gasteiger partial charge in [-0.3, -0.25) is 0 Å². The number of aromatic hydroxyl groups is 1. The number of hydrogen-bond acceptors (Lipinski definition) is 6. The quantitative estimate of drug-likeness (QED) is 0.0295. The molecule has 1 aromatic carbocycles. The molecular formula is C54H97NO5Si. The minimum absolute atomic E-state index is 0.0806. The summed E-state index contributed by atoms with van der Waals surface area (Å²) in [5.41, 5.74) is 1.13. The van der Waals surface area contributed by atoms with E-state index in [0.29, 0.717) is 0 Å². The summed E-state index contributed by atoms with van der Waals surface area (Å²) in [6, 6.07) is 7.38. The van der Waals surface area contributed by atoms with Crippen molar-refractivity contribution in [1.29, 1.82) is 0 Å². The third-order valence-electron chi connectivity index (χ3n) is 11.6. The zero-order valence-electron chi connectivity index (χ0n) is 40.5. The van der Waals surface area contributed by atoms with Crippen molar-refractivity contribution in [2.75, 3.05) is 33.4 Å². The molecule has 0 spiro atoms. The number of phenols is 1. The smallest absolute Gasteiger partial charge is 0.333 e. The summed E-state index contributed by atoms with van der Waals surface area (Å²) in [4.78, 5) is 2.26. The minimum atomic E-state index is -2.33. The van der Waals surface area contributed by atoms with Crippen LogP contribution in [0.25, 0.3) is 0 Å². The lowest BCUT2D eigenvalue weighted by Gasteiger charge is -2.29. The van der Waals surface area contributed by atoms with E-state index < -0.39 is 8.56 Å². The van der Waals surface area contributed by atoms with Gasteiger partial charge in [0.1, 0.15) is 12.0 Å². The van der Waals surface area contributed by atoms with Gasteiger partial charge in [0.05, 0.1) is 6.61 Å². The molecule has 0 fully saturated rings. The van der Waals surface area contributed by atoms with Gasteiger partial charge in [0.15, 0.2) is 0 Å². The molecule has 0 amide bonds. The van der Waals surface area contributed by atoms with Crippen molar-refractivity contribution < 1.29 is 23.8 Å². The number of hydrogen-bond donors (Lipinski definition) is 2. The SMILES string of the molecule is CCCCC/C=C\C/C=C\CCCCCCCCOC(CCCCCCC/C=C\C/C=C\CCCCC)O[Si](C)(C)OCCCCCCN(C)C(CO)Cc1ccc(O)cc1. The number of likely N-dealkylation sites (N-methyl/N-ethyl adjacent to an activating group) is 1. The Morgan fingerprint density at radius 1 is 0.574 bits per heavy atom. The van der Waals surface area contributed by atoms with E-state index in [0.717, 1.165) is 89.5 Å². The monoisotopic (exact) mass is 868 g/mol. The molecule has 0 heterocycles. The Hall–Kier alpha value is -2.00. The van der Waals surface area contributed by atoms with E-state index in [2.05, 4.69) is 87.5 Å². The maximum atomic E-state index is 10.00. The molecule has 0 aromatic heterocycles. The number of aliphatic hydroxyl groups is 1. The van der Waals surface area contributed by atoms with Gasteiger partial charge in [0.2, 0.25) is 0 Å². The Morgan fingerprint density at radius 3 is 1.56 bits per heavy atom. The van der Waals surface area contributed by atoms with Crippen molar-refractivity contribution in [3.63, 3.8) is 0 Å². The molecular weight excluding hydrogens is 771 g/mol. The molecule has 1 aromatic rings. The number of phenolic OH excluding ortho intramolecular Hbond substituents is 1. The number of nitrogens with zero attached hydrogens (tertiary/aromatic N) is 1. The lowest BCUT2D eigenvalue weighted by atomic mass is 10.0. The minimum Gasteiger partial charge on any atom is -0.508 e. The Bertz CT molecular complexity index is 1200. The van der Waals surface area contributed by atoms with Crippen LogP contribution in [0.15, 0.2) is 72.9 Å². The van der Waals surface area contributed by atoms with Crippen LogP contribution in [0, 0.1) is 0 Å². The molecule has 0 aliphatic carbocycles. The van der Waals surface area contributed by atoms with Crippen molar-refractivity contribution in [3.8, 4) is 5.75 Å². The second-order valence-corrected chi connectivity index (χ2v) is 21.2. The average Bonchev–Trinajstić information content (AvgIpc) is 3.25. The fourth-order valence-electron chi connectivity index (χ4n) is 7.54. The van der Waals surface area contributed by atoms with Gasteiger partial charge in [-0.1, -0.05) is 158 Å². The Labute approximate surface area is 379 Å². The van der Waals surface area contributed by atoms with Crippen LogP contribution in [0.3, 0.4) is 0 Å². The molecule has 7 heteroatoms. The van der Waals surface area contributed by atoms with Gasteiger partial charge < -0.3 is 28.7 Å². The van der Waals surface area contributed by atoms with Gasteiger partial charge in [-0.05, 0) is 147 Å². The predicted molar refractivity (Wildman–Crippen MR) is 267 cm³/mol. The van der Waals surface area contributed by atoms with Crippen LogP contribution in [0.4, 0.5) is 0 Å². The van der Waals surface area contributed by atoms with Gasteiger partial charge in [0, 0.05) is 19.3 Å². The summed E-state index contributed by atoms with van der Waals surface area (Å²) in [5.74, 6) is 0.276. The number of benzene rings is 1. The molecule has 1 rings (SSSR count). The van der Waals surface area contributed by atoms with Gasteiger partial charge in [-0.2, -0.15) is 0 Å². The summed E-state index contributed by atoms with van der Waals surface area (Å²) in [6.45, 7) is 11.5. The molecule has 0 aliphatic heterocycles. The fraction of sp³-hybridized carbons (Fsp3) is 0.741. The highest BCUT2D eigenvalue weighted by Gasteiger charge is 2.29. The molecule has 0 radical (unpaired) electrons. The first-order valence-corrected chi connectivity index (χ1v) is 28.2. The number of rotatable bonds is 44. The van der Waals surface area contributed by atoms with Crippen LogP contribution < -0.4 is 0 Å². The van der Waals surface area contributed by atoms with E-state index in [9.17, 15) is 10.2 Å². The molecule has 2 N–H and O–H groups in total. The number of unbranched alkanes of at least 4 members (excludes halogenated alkanes) is 20. The van der Waals surface area contributed by atoms with Gasteiger partial charge in [0.25, 0.3) is 0 Å². The first-order chi connectivity index (χ1) is 29.8. The number of ether oxygens (including phenoxy) is 1. The molecule has 0 saturated heterocycles. The molecule has 2 unspecified atom stereocenters. The fourth-order valence-corrected chi connectivity index (χ4v) is 9.06. The Balaban J connectivity index is 2.36. The van der Waals surface area contributed by atoms with Crippen molar-refractivity contribution in [3.05, 3.63) is 78.4 Å². The van der Waals surface area contributed by atoms with Crippen LogP contribution in [0.2, 0.25) is 13.1 Å². The van der Waals surface area contributed by atoms with Crippen LogP contribution in [0.5, 0.6) is 5.75 Å². The molecule has 2 atom stereocenters.